The van der Waals surface area contributed by atoms with Crippen LogP contribution < -0.4 is 5.32 Å². The fourth-order valence-electron chi connectivity index (χ4n) is 3.26. The van der Waals surface area contributed by atoms with Crippen molar-refractivity contribution in [2.24, 2.45) is 0 Å². The lowest BCUT2D eigenvalue weighted by molar-refractivity contribution is -0.121. The molecule has 3 rings (SSSR count). The van der Waals surface area contributed by atoms with Crippen LogP contribution in [0.25, 0.3) is 0 Å². The number of carbonyl (C=O) groups is 1. The summed E-state index contributed by atoms with van der Waals surface area (Å²) < 4.78 is 23.0. The first-order valence-electron chi connectivity index (χ1n) is 8.73. The van der Waals surface area contributed by atoms with Crippen LogP contribution in [-0.4, -0.2) is 44.6 Å². The molecule has 0 saturated carbocycles. The van der Waals surface area contributed by atoms with Gasteiger partial charge in [0.25, 0.3) is 0 Å². The first kappa shape index (κ1) is 19.1. The van der Waals surface area contributed by atoms with Crippen LogP contribution in [0.3, 0.4) is 0 Å². The average molecular weight is 393 g/mol. The van der Waals surface area contributed by atoms with E-state index in [0.717, 1.165) is 38.0 Å². The maximum absolute atomic E-state index is 12.3. The predicted molar refractivity (Wildman–Crippen MR) is 104 cm³/mol. The molecule has 0 bridgehead atoms. The molecule has 0 spiro atoms. The standard InChI is InChI=1S/C19H24N2O3S2/c1-26(23,24)18-8-6-15(7-9-18)12-19(22)20-16-4-2-10-21(13-16)14-17-5-3-11-25-17/h3,5-9,11,16H,2,4,10,12-14H2,1H3,(H,20,22). The normalized spacial score (nSPS) is 18.6. The molecule has 1 aromatic heterocycles. The van der Waals surface area contributed by atoms with Gasteiger partial charge in [0, 0.05) is 30.3 Å². The minimum atomic E-state index is -3.20. The summed E-state index contributed by atoms with van der Waals surface area (Å²) in [4.78, 5) is 16.4. The highest BCUT2D eigenvalue weighted by Crippen LogP contribution is 2.17. The Morgan fingerprint density at radius 1 is 1.27 bits per heavy atom. The van der Waals surface area contributed by atoms with Gasteiger partial charge in [0.05, 0.1) is 11.3 Å². The van der Waals surface area contributed by atoms with E-state index < -0.39 is 9.84 Å². The minimum absolute atomic E-state index is 0.0138. The summed E-state index contributed by atoms with van der Waals surface area (Å²) in [6.07, 6.45) is 3.53. The highest BCUT2D eigenvalue weighted by Gasteiger charge is 2.21. The first-order chi connectivity index (χ1) is 12.4. The van der Waals surface area contributed by atoms with Crippen molar-refractivity contribution in [2.45, 2.75) is 36.7 Å². The lowest BCUT2D eigenvalue weighted by atomic mass is 10.0. The van der Waals surface area contributed by atoms with E-state index in [0.29, 0.717) is 0 Å². The van der Waals surface area contributed by atoms with Gasteiger partial charge in [-0.15, -0.1) is 11.3 Å². The summed E-state index contributed by atoms with van der Waals surface area (Å²) in [6, 6.07) is 10.9. The van der Waals surface area contributed by atoms with Crippen molar-refractivity contribution >= 4 is 27.1 Å². The molecule has 2 heterocycles. The monoisotopic (exact) mass is 392 g/mol. The number of nitrogens with one attached hydrogen (secondary N) is 1. The second-order valence-corrected chi connectivity index (χ2v) is 9.86. The number of amides is 1. The predicted octanol–water partition coefficient (Wildman–Crippen LogP) is 2.47. The quantitative estimate of drug-likeness (QED) is 0.820. The number of rotatable bonds is 6. The number of hydrogen-bond acceptors (Lipinski definition) is 5. The van der Waals surface area contributed by atoms with Crippen LogP contribution in [0.5, 0.6) is 0 Å². The highest BCUT2D eigenvalue weighted by atomic mass is 32.2. The Kier molecular flexibility index (Phi) is 6.11. The number of thiophene rings is 1. The number of hydrogen-bond donors (Lipinski definition) is 1. The molecule has 26 heavy (non-hydrogen) atoms. The van der Waals surface area contributed by atoms with Gasteiger partial charge in [-0.2, -0.15) is 0 Å². The van der Waals surface area contributed by atoms with Crippen molar-refractivity contribution in [3.05, 3.63) is 52.2 Å². The third-order valence-corrected chi connectivity index (χ3v) is 6.54. The van der Waals surface area contributed by atoms with Gasteiger partial charge in [-0.1, -0.05) is 18.2 Å². The van der Waals surface area contributed by atoms with E-state index in [1.54, 1.807) is 35.6 Å². The van der Waals surface area contributed by atoms with Gasteiger partial charge < -0.3 is 5.32 Å². The van der Waals surface area contributed by atoms with Crippen molar-refractivity contribution in [1.82, 2.24) is 10.2 Å². The number of sulfone groups is 1. The average Bonchev–Trinajstić information content (AvgIpc) is 3.07. The van der Waals surface area contributed by atoms with Crippen molar-refractivity contribution in [2.75, 3.05) is 19.3 Å². The van der Waals surface area contributed by atoms with Gasteiger partial charge in [-0.25, -0.2) is 8.42 Å². The lowest BCUT2D eigenvalue weighted by Gasteiger charge is -2.32. The van der Waals surface area contributed by atoms with Crippen LogP contribution in [0.15, 0.2) is 46.7 Å². The Labute approximate surface area is 159 Å². The van der Waals surface area contributed by atoms with E-state index in [1.807, 2.05) is 0 Å². The molecule has 5 nitrogen and oxygen atoms in total. The molecule has 1 unspecified atom stereocenters. The van der Waals surface area contributed by atoms with Crippen LogP contribution in [0.1, 0.15) is 23.3 Å². The lowest BCUT2D eigenvalue weighted by Crippen LogP contribution is -2.47. The van der Waals surface area contributed by atoms with Gasteiger partial charge in [0.1, 0.15) is 0 Å². The number of carbonyl (C=O) groups excluding carboxylic acids is 1. The molecule has 1 amide bonds. The Morgan fingerprint density at radius 2 is 2.04 bits per heavy atom. The third kappa shape index (κ3) is 5.40. The SMILES string of the molecule is CS(=O)(=O)c1ccc(CC(=O)NC2CCCN(Cc3cccs3)C2)cc1. The maximum Gasteiger partial charge on any atom is 0.224 e. The zero-order chi connectivity index (χ0) is 18.6. The largest absolute Gasteiger partial charge is 0.352 e. The molecule has 1 saturated heterocycles. The molecule has 1 N–H and O–H groups in total. The summed E-state index contributed by atoms with van der Waals surface area (Å²) in [5.74, 6) is -0.0138. The summed E-state index contributed by atoms with van der Waals surface area (Å²) in [5.41, 5.74) is 0.821. The molecular formula is C19H24N2O3S2. The van der Waals surface area contributed by atoms with Crippen LogP contribution in [-0.2, 0) is 27.6 Å². The first-order valence-corrected chi connectivity index (χ1v) is 11.5. The number of likely N-dealkylation sites (tertiary alicyclic amines) is 1. The molecule has 7 heteroatoms. The zero-order valence-corrected chi connectivity index (χ0v) is 16.5. The van der Waals surface area contributed by atoms with Crippen LogP contribution >= 0.6 is 11.3 Å². The topological polar surface area (TPSA) is 66.5 Å². The molecule has 0 aliphatic carbocycles. The summed E-state index contributed by atoms with van der Waals surface area (Å²) in [6.45, 7) is 2.88. The number of piperidine rings is 1. The van der Waals surface area contributed by atoms with Gasteiger partial charge in [-0.3, -0.25) is 9.69 Å². The zero-order valence-electron chi connectivity index (χ0n) is 14.8. The van der Waals surface area contributed by atoms with E-state index in [4.69, 9.17) is 0 Å². The second kappa shape index (κ2) is 8.33. The minimum Gasteiger partial charge on any atom is -0.352 e. The summed E-state index contributed by atoms with van der Waals surface area (Å²) in [7, 11) is -3.20. The molecule has 1 fully saturated rings. The fourth-order valence-corrected chi connectivity index (χ4v) is 4.64. The van der Waals surface area contributed by atoms with E-state index in [9.17, 15) is 13.2 Å². The Morgan fingerprint density at radius 3 is 2.69 bits per heavy atom. The number of nitrogens with zero attached hydrogens (tertiary/aromatic N) is 1. The van der Waals surface area contributed by atoms with Gasteiger partial charge in [-0.05, 0) is 48.5 Å². The van der Waals surface area contributed by atoms with Crippen LogP contribution in [0, 0.1) is 0 Å². The number of benzene rings is 1. The van der Waals surface area contributed by atoms with Crippen LogP contribution in [0.2, 0.25) is 0 Å². The fraction of sp³-hybridized carbons (Fsp3) is 0.421. The smallest absolute Gasteiger partial charge is 0.224 e. The van der Waals surface area contributed by atoms with E-state index in [2.05, 4.69) is 27.7 Å². The van der Waals surface area contributed by atoms with E-state index >= 15 is 0 Å². The molecule has 2 aromatic rings. The molecule has 140 valence electrons. The maximum atomic E-state index is 12.3. The van der Waals surface area contributed by atoms with Crippen molar-refractivity contribution in [1.29, 1.82) is 0 Å². The Balaban J connectivity index is 1.51. The van der Waals surface area contributed by atoms with Crippen molar-refractivity contribution in [3.63, 3.8) is 0 Å². The van der Waals surface area contributed by atoms with Crippen molar-refractivity contribution < 1.29 is 13.2 Å². The van der Waals surface area contributed by atoms with Gasteiger partial charge >= 0.3 is 0 Å². The van der Waals surface area contributed by atoms with Gasteiger partial charge in [0.15, 0.2) is 9.84 Å². The van der Waals surface area contributed by atoms with Gasteiger partial charge in [0.2, 0.25) is 5.91 Å². The Bertz CT molecular complexity index is 830. The molecular weight excluding hydrogens is 368 g/mol. The van der Waals surface area contributed by atoms with Crippen LogP contribution in [0.4, 0.5) is 0 Å². The highest BCUT2D eigenvalue weighted by molar-refractivity contribution is 7.90. The van der Waals surface area contributed by atoms with Crippen molar-refractivity contribution in [3.8, 4) is 0 Å². The summed E-state index contributed by atoms with van der Waals surface area (Å²) in [5, 5.41) is 5.22. The van der Waals surface area contributed by atoms with E-state index in [-0.39, 0.29) is 23.3 Å². The summed E-state index contributed by atoms with van der Waals surface area (Å²) >= 11 is 1.76. The molecule has 0 radical (unpaired) electrons. The Hall–Kier alpha value is -1.70. The molecule has 1 aromatic carbocycles. The molecule has 1 atom stereocenters. The second-order valence-electron chi connectivity index (χ2n) is 6.81. The molecule has 1 aliphatic heterocycles. The van der Waals surface area contributed by atoms with E-state index in [1.165, 1.54) is 11.1 Å². The molecule has 1 aliphatic rings. The third-order valence-electron chi connectivity index (χ3n) is 4.55.